The summed E-state index contributed by atoms with van der Waals surface area (Å²) in [5, 5.41) is 12.5. The van der Waals surface area contributed by atoms with Crippen molar-refractivity contribution in [3.63, 3.8) is 0 Å². The van der Waals surface area contributed by atoms with Crippen LogP contribution in [0.5, 0.6) is 0 Å². The molecule has 1 aliphatic heterocycles. The van der Waals surface area contributed by atoms with Crippen LogP contribution in [0.1, 0.15) is 49.3 Å². The van der Waals surface area contributed by atoms with Crippen LogP contribution in [0.3, 0.4) is 0 Å². The molecule has 2 N–H and O–H groups in total. The van der Waals surface area contributed by atoms with E-state index in [4.69, 9.17) is 5.26 Å². The highest BCUT2D eigenvalue weighted by molar-refractivity contribution is 7.90. The molecule has 1 saturated carbocycles. The van der Waals surface area contributed by atoms with Crippen LogP contribution in [0, 0.1) is 11.3 Å². The number of sulfonamides is 1. The summed E-state index contributed by atoms with van der Waals surface area (Å²) in [7, 11) is -3.16. The summed E-state index contributed by atoms with van der Waals surface area (Å²) in [5.41, 5.74) is 3.31. The number of fused-ring (bicyclic) bond motifs is 1. The molecule has 9 nitrogen and oxygen atoms in total. The quantitative estimate of drug-likeness (QED) is 0.545. The Morgan fingerprint density at radius 3 is 2.77 bits per heavy atom. The van der Waals surface area contributed by atoms with Gasteiger partial charge in [-0.2, -0.15) is 9.57 Å². The van der Waals surface area contributed by atoms with Crippen molar-refractivity contribution in [2.24, 2.45) is 0 Å². The van der Waals surface area contributed by atoms with Crippen molar-refractivity contribution in [3.05, 3.63) is 54.0 Å². The SMILES string of the molecule is CC(C)(C#N)NC(=O)c1cccc(-c2cnc3[nH]c(C4=CCN(S(=O)(=O)C5CC5)CC4)cc3c2)n1. The molecule has 1 amide bonds. The number of carbonyl (C=O) groups is 1. The van der Waals surface area contributed by atoms with E-state index in [0.717, 1.165) is 40.7 Å². The maximum atomic E-state index is 12.5. The zero-order valence-corrected chi connectivity index (χ0v) is 20.4. The van der Waals surface area contributed by atoms with Gasteiger partial charge in [-0.1, -0.05) is 12.1 Å². The molecule has 35 heavy (non-hydrogen) atoms. The first-order valence-electron chi connectivity index (χ1n) is 11.5. The fraction of sp³-hybridized carbons (Fsp3) is 0.360. The number of hydrogen-bond acceptors (Lipinski definition) is 6. The molecule has 1 aliphatic carbocycles. The monoisotopic (exact) mass is 490 g/mol. The van der Waals surface area contributed by atoms with E-state index in [-0.39, 0.29) is 10.9 Å². The maximum Gasteiger partial charge on any atom is 0.271 e. The molecule has 10 heteroatoms. The van der Waals surface area contributed by atoms with Gasteiger partial charge in [-0.05, 0) is 62.9 Å². The lowest BCUT2D eigenvalue weighted by molar-refractivity contribution is 0.0924. The lowest BCUT2D eigenvalue weighted by Crippen LogP contribution is -2.42. The molecule has 0 saturated heterocycles. The van der Waals surface area contributed by atoms with Crippen LogP contribution in [-0.4, -0.2) is 57.5 Å². The molecule has 0 spiro atoms. The Bertz CT molecular complexity index is 1490. The molecular weight excluding hydrogens is 464 g/mol. The molecule has 1 fully saturated rings. The van der Waals surface area contributed by atoms with Crippen molar-refractivity contribution in [2.45, 2.75) is 43.9 Å². The lowest BCUT2D eigenvalue weighted by Gasteiger charge is -2.25. The number of nitrogens with one attached hydrogen (secondary N) is 2. The topological polar surface area (TPSA) is 132 Å². The highest BCUT2D eigenvalue weighted by Crippen LogP contribution is 2.34. The number of H-pyrrole nitrogens is 1. The number of aromatic nitrogens is 3. The van der Waals surface area contributed by atoms with Gasteiger partial charge in [0, 0.05) is 35.9 Å². The van der Waals surface area contributed by atoms with Gasteiger partial charge in [0.15, 0.2) is 0 Å². The Morgan fingerprint density at radius 1 is 1.29 bits per heavy atom. The third kappa shape index (κ3) is 4.70. The molecular formula is C25H26N6O3S. The number of amides is 1. The predicted octanol–water partition coefficient (Wildman–Crippen LogP) is 3.24. The zero-order valence-electron chi connectivity index (χ0n) is 19.6. The summed E-state index contributed by atoms with van der Waals surface area (Å²) in [6, 6.07) is 11.2. The Kier molecular flexibility index (Phi) is 5.69. The Hall–Kier alpha value is -3.55. The summed E-state index contributed by atoms with van der Waals surface area (Å²) in [6.07, 6.45) is 5.85. The second-order valence-corrected chi connectivity index (χ2v) is 11.7. The third-order valence-corrected chi connectivity index (χ3v) is 8.64. The molecule has 0 atom stereocenters. The van der Waals surface area contributed by atoms with Gasteiger partial charge in [0.2, 0.25) is 10.0 Å². The number of nitriles is 1. The second-order valence-electron chi connectivity index (χ2n) is 9.53. The number of hydrogen-bond donors (Lipinski definition) is 2. The summed E-state index contributed by atoms with van der Waals surface area (Å²) in [6.45, 7) is 4.13. The van der Waals surface area contributed by atoms with Crippen LogP contribution in [-0.2, 0) is 10.0 Å². The summed E-state index contributed by atoms with van der Waals surface area (Å²) >= 11 is 0. The van der Waals surface area contributed by atoms with Crippen LogP contribution in [0.2, 0.25) is 0 Å². The highest BCUT2D eigenvalue weighted by atomic mass is 32.2. The van der Waals surface area contributed by atoms with Crippen LogP contribution in [0.25, 0.3) is 27.9 Å². The number of aromatic amines is 1. The Balaban J connectivity index is 1.37. The van der Waals surface area contributed by atoms with E-state index in [1.807, 2.05) is 24.3 Å². The molecule has 0 unspecified atom stereocenters. The first-order valence-corrected chi connectivity index (χ1v) is 13.0. The fourth-order valence-corrected chi connectivity index (χ4v) is 5.91. The molecule has 4 heterocycles. The van der Waals surface area contributed by atoms with E-state index in [1.165, 1.54) is 0 Å². The molecule has 0 aromatic carbocycles. The second kappa shape index (κ2) is 8.59. The van der Waals surface area contributed by atoms with Crippen LogP contribution in [0.4, 0.5) is 0 Å². The maximum absolute atomic E-state index is 12.5. The van der Waals surface area contributed by atoms with Gasteiger partial charge >= 0.3 is 0 Å². The number of pyridine rings is 2. The van der Waals surface area contributed by atoms with Gasteiger partial charge in [-0.3, -0.25) is 4.79 Å². The van der Waals surface area contributed by atoms with Crippen molar-refractivity contribution < 1.29 is 13.2 Å². The summed E-state index contributed by atoms with van der Waals surface area (Å²) in [4.78, 5) is 24.9. The average molecular weight is 491 g/mol. The van der Waals surface area contributed by atoms with Crippen LogP contribution in [0.15, 0.2) is 42.6 Å². The molecule has 0 bridgehead atoms. The van der Waals surface area contributed by atoms with Crippen LogP contribution < -0.4 is 5.32 Å². The van der Waals surface area contributed by atoms with E-state index in [0.29, 0.717) is 25.2 Å². The first-order chi connectivity index (χ1) is 16.7. The highest BCUT2D eigenvalue weighted by Gasteiger charge is 2.40. The molecule has 2 aliphatic rings. The van der Waals surface area contributed by atoms with Gasteiger partial charge in [-0.25, -0.2) is 18.4 Å². The van der Waals surface area contributed by atoms with Crippen molar-refractivity contribution in [3.8, 4) is 17.3 Å². The van der Waals surface area contributed by atoms with E-state index in [1.54, 1.807) is 42.5 Å². The zero-order chi connectivity index (χ0) is 24.8. The van der Waals surface area contributed by atoms with E-state index >= 15 is 0 Å². The lowest BCUT2D eigenvalue weighted by atomic mass is 10.1. The van der Waals surface area contributed by atoms with E-state index in [2.05, 4.69) is 20.3 Å². The van der Waals surface area contributed by atoms with Crippen molar-refractivity contribution in [2.75, 3.05) is 13.1 Å². The largest absolute Gasteiger partial charge is 0.339 e. The molecule has 3 aromatic rings. The predicted molar refractivity (Wildman–Crippen MR) is 133 cm³/mol. The van der Waals surface area contributed by atoms with Crippen molar-refractivity contribution in [1.29, 1.82) is 5.26 Å². The Morgan fingerprint density at radius 2 is 2.09 bits per heavy atom. The van der Waals surface area contributed by atoms with E-state index < -0.39 is 21.5 Å². The number of carbonyl (C=O) groups excluding carboxylic acids is 1. The van der Waals surface area contributed by atoms with Crippen molar-refractivity contribution >= 4 is 32.5 Å². The third-order valence-electron chi connectivity index (χ3n) is 6.28. The van der Waals surface area contributed by atoms with Crippen molar-refractivity contribution in [1.82, 2.24) is 24.6 Å². The minimum Gasteiger partial charge on any atom is -0.339 e. The molecule has 180 valence electrons. The molecule has 0 radical (unpaired) electrons. The Labute approximate surface area is 203 Å². The van der Waals surface area contributed by atoms with Gasteiger partial charge < -0.3 is 10.3 Å². The molecule has 3 aromatic heterocycles. The van der Waals surface area contributed by atoms with Gasteiger partial charge in [0.05, 0.1) is 17.0 Å². The standard InChI is InChI=1S/C25H26N6O3S/c1-25(2,15-26)30-24(32)21-5-3-4-20(28-21)18-12-17-13-22(29-23(17)27-14-18)16-8-10-31(11-9-16)35(33,34)19-6-7-19/h3-5,8,12-14,19H,6-7,9-11H2,1-2H3,(H,27,29)(H,30,32). The van der Waals surface area contributed by atoms with Gasteiger partial charge in [0.25, 0.3) is 5.91 Å². The van der Waals surface area contributed by atoms with Gasteiger partial charge in [0.1, 0.15) is 16.9 Å². The normalized spacial score (nSPS) is 17.1. The smallest absolute Gasteiger partial charge is 0.271 e. The number of rotatable bonds is 6. The van der Waals surface area contributed by atoms with Crippen LogP contribution >= 0.6 is 0 Å². The number of nitrogens with zero attached hydrogens (tertiary/aromatic N) is 4. The summed E-state index contributed by atoms with van der Waals surface area (Å²) in [5.74, 6) is -0.418. The summed E-state index contributed by atoms with van der Waals surface area (Å²) < 4.78 is 26.6. The fourth-order valence-electron chi connectivity index (χ4n) is 4.13. The average Bonchev–Trinajstić information content (AvgIpc) is 3.64. The molecule has 5 rings (SSSR count). The minimum atomic E-state index is -3.16. The minimum absolute atomic E-state index is 0.191. The van der Waals surface area contributed by atoms with E-state index in [9.17, 15) is 13.2 Å². The van der Waals surface area contributed by atoms with Gasteiger partial charge in [-0.15, -0.1) is 0 Å². The first kappa shape index (κ1) is 23.2.